The van der Waals surface area contributed by atoms with Gasteiger partial charge in [-0.1, -0.05) is 15.9 Å². The molecular formula is C7H5BrN2O4. The van der Waals surface area contributed by atoms with E-state index in [2.05, 4.69) is 15.9 Å². The second-order valence-electron chi connectivity index (χ2n) is 2.36. The molecule has 0 aliphatic rings. The van der Waals surface area contributed by atoms with E-state index in [4.69, 9.17) is 5.21 Å². The van der Waals surface area contributed by atoms with E-state index in [1.54, 1.807) is 0 Å². The van der Waals surface area contributed by atoms with Crippen LogP contribution in [-0.4, -0.2) is 16.0 Å². The molecule has 0 aliphatic carbocycles. The Morgan fingerprint density at radius 3 is 2.71 bits per heavy atom. The molecule has 0 spiro atoms. The van der Waals surface area contributed by atoms with Gasteiger partial charge in [-0.25, -0.2) is 5.48 Å². The molecule has 0 heterocycles. The van der Waals surface area contributed by atoms with Crippen LogP contribution < -0.4 is 5.48 Å². The Morgan fingerprint density at radius 1 is 1.57 bits per heavy atom. The molecule has 0 fully saturated rings. The maximum absolute atomic E-state index is 11.0. The third-order valence-corrected chi connectivity index (χ3v) is 2.00. The lowest BCUT2D eigenvalue weighted by molar-refractivity contribution is -0.385. The van der Waals surface area contributed by atoms with E-state index in [0.29, 0.717) is 4.47 Å². The molecule has 0 unspecified atom stereocenters. The van der Waals surface area contributed by atoms with Crippen molar-refractivity contribution in [3.63, 3.8) is 0 Å². The van der Waals surface area contributed by atoms with Crippen LogP contribution in [0, 0.1) is 10.1 Å². The van der Waals surface area contributed by atoms with Crippen LogP contribution in [0.25, 0.3) is 0 Å². The number of carbonyl (C=O) groups excluding carboxylic acids is 1. The summed E-state index contributed by atoms with van der Waals surface area (Å²) in [6, 6.07) is 3.90. The first-order valence-electron chi connectivity index (χ1n) is 3.44. The molecule has 0 saturated carbocycles. The van der Waals surface area contributed by atoms with Gasteiger partial charge in [-0.2, -0.15) is 0 Å². The molecule has 0 saturated heterocycles. The molecule has 0 atom stereocenters. The summed E-state index contributed by atoms with van der Waals surface area (Å²) in [4.78, 5) is 20.8. The highest BCUT2D eigenvalue weighted by Gasteiger charge is 2.19. The van der Waals surface area contributed by atoms with Crippen LogP contribution in [0.15, 0.2) is 22.7 Å². The van der Waals surface area contributed by atoms with Gasteiger partial charge in [0.05, 0.1) is 4.92 Å². The van der Waals surface area contributed by atoms with Crippen molar-refractivity contribution in [1.29, 1.82) is 0 Å². The molecular weight excluding hydrogens is 256 g/mol. The molecule has 1 amide bonds. The van der Waals surface area contributed by atoms with Gasteiger partial charge in [0.2, 0.25) is 0 Å². The quantitative estimate of drug-likeness (QED) is 0.479. The highest BCUT2D eigenvalue weighted by molar-refractivity contribution is 9.10. The number of hydroxylamine groups is 1. The lowest BCUT2D eigenvalue weighted by Crippen LogP contribution is -2.19. The number of nitro groups is 1. The average Bonchev–Trinajstić information content (AvgIpc) is 2.16. The van der Waals surface area contributed by atoms with Gasteiger partial charge >= 0.3 is 0 Å². The van der Waals surface area contributed by atoms with Gasteiger partial charge in [-0.3, -0.25) is 20.1 Å². The van der Waals surface area contributed by atoms with Crippen LogP contribution in [0.4, 0.5) is 5.69 Å². The number of hydrogen-bond acceptors (Lipinski definition) is 4. The SMILES string of the molecule is O=C(NO)c1ccc(Br)cc1[N+](=O)[O-]. The maximum atomic E-state index is 11.0. The van der Waals surface area contributed by atoms with Crippen LogP contribution in [0.5, 0.6) is 0 Å². The molecule has 0 bridgehead atoms. The highest BCUT2D eigenvalue weighted by atomic mass is 79.9. The van der Waals surface area contributed by atoms with Crippen LogP contribution in [0.2, 0.25) is 0 Å². The van der Waals surface area contributed by atoms with E-state index in [0.717, 1.165) is 0 Å². The third-order valence-electron chi connectivity index (χ3n) is 1.50. The first kappa shape index (κ1) is 10.6. The Balaban J connectivity index is 3.28. The minimum Gasteiger partial charge on any atom is -0.288 e. The minimum atomic E-state index is -0.913. The summed E-state index contributed by atoms with van der Waals surface area (Å²) in [7, 11) is 0. The van der Waals surface area contributed by atoms with Crippen LogP contribution >= 0.6 is 15.9 Å². The smallest absolute Gasteiger partial charge is 0.283 e. The molecule has 0 aromatic heterocycles. The molecule has 14 heavy (non-hydrogen) atoms. The molecule has 2 N–H and O–H groups in total. The monoisotopic (exact) mass is 260 g/mol. The second-order valence-corrected chi connectivity index (χ2v) is 3.28. The van der Waals surface area contributed by atoms with E-state index < -0.39 is 10.8 Å². The summed E-state index contributed by atoms with van der Waals surface area (Å²) in [6.07, 6.45) is 0. The lowest BCUT2D eigenvalue weighted by Gasteiger charge is -2.00. The number of carbonyl (C=O) groups is 1. The van der Waals surface area contributed by atoms with Gasteiger partial charge in [0.1, 0.15) is 5.56 Å². The van der Waals surface area contributed by atoms with Crippen molar-refractivity contribution in [3.8, 4) is 0 Å². The van der Waals surface area contributed by atoms with Crippen molar-refractivity contribution < 1.29 is 14.9 Å². The third kappa shape index (κ3) is 2.06. The molecule has 74 valence electrons. The summed E-state index contributed by atoms with van der Waals surface area (Å²) in [6.45, 7) is 0. The molecule has 7 heteroatoms. The molecule has 0 aliphatic heterocycles. The number of amides is 1. The maximum Gasteiger partial charge on any atom is 0.283 e. The Hall–Kier alpha value is -1.47. The zero-order chi connectivity index (χ0) is 10.7. The topological polar surface area (TPSA) is 92.5 Å². The first-order valence-corrected chi connectivity index (χ1v) is 4.24. The van der Waals surface area contributed by atoms with Gasteiger partial charge < -0.3 is 0 Å². The largest absolute Gasteiger partial charge is 0.288 e. The molecule has 1 aromatic rings. The summed E-state index contributed by atoms with van der Waals surface area (Å²) < 4.78 is 0.485. The predicted octanol–water partition coefficient (Wildman–Crippen LogP) is 1.48. The number of hydrogen-bond donors (Lipinski definition) is 2. The van der Waals surface area contributed by atoms with Crippen molar-refractivity contribution in [3.05, 3.63) is 38.3 Å². The van der Waals surface area contributed by atoms with Gasteiger partial charge in [-0.15, -0.1) is 0 Å². The van der Waals surface area contributed by atoms with E-state index >= 15 is 0 Å². The lowest BCUT2D eigenvalue weighted by atomic mass is 10.2. The highest BCUT2D eigenvalue weighted by Crippen LogP contribution is 2.23. The van der Waals surface area contributed by atoms with Crippen molar-refractivity contribution in [2.75, 3.05) is 0 Å². The number of benzene rings is 1. The number of halogens is 1. The van der Waals surface area contributed by atoms with E-state index in [1.807, 2.05) is 0 Å². The van der Waals surface area contributed by atoms with Crippen molar-refractivity contribution in [2.24, 2.45) is 0 Å². The van der Waals surface area contributed by atoms with Crippen molar-refractivity contribution in [1.82, 2.24) is 5.48 Å². The van der Waals surface area contributed by atoms with Gasteiger partial charge in [0, 0.05) is 10.5 Å². The average molecular weight is 261 g/mol. The Bertz CT molecular complexity index is 393. The Morgan fingerprint density at radius 2 is 2.21 bits per heavy atom. The fourth-order valence-corrected chi connectivity index (χ4v) is 1.26. The summed E-state index contributed by atoms with van der Waals surface area (Å²) in [5.74, 6) is -0.913. The van der Waals surface area contributed by atoms with Gasteiger partial charge in [0.15, 0.2) is 0 Å². The summed E-state index contributed by atoms with van der Waals surface area (Å²) >= 11 is 3.04. The van der Waals surface area contributed by atoms with E-state index in [9.17, 15) is 14.9 Å². The van der Waals surface area contributed by atoms with Crippen molar-refractivity contribution >= 4 is 27.5 Å². The Labute approximate surface area is 86.8 Å². The van der Waals surface area contributed by atoms with Gasteiger partial charge in [-0.05, 0) is 12.1 Å². The molecule has 6 nitrogen and oxygen atoms in total. The number of rotatable bonds is 2. The van der Waals surface area contributed by atoms with Crippen molar-refractivity contribution in [2.45, 2.75) is 0 Å². The fourth-order valence-electron chi connectivity index (χ4n) is 0.908. The number of nitrogens with one attached hydrogen (secondary N) is 1. The fraction of sp³-hybridized carbons (Fsp3) is 0. The first-order chi connectivity index (χ1) is 6.56. The van der Waals surface area contributed by atoms with Gasteiger partial charge in [0.25, 0.3) is 11.6 Å². The van der Waals surface area contributed by atoms with Crippen LogP contribution in [-0.2, 0) is 0 Å². The summed E-state index contributed by atoms with van der Waals surface area (Å²) in [5, 5.41) is 18.8. The molecule has 1 rings (SSSR count). The second kappa shape index (κ2) is 4.16. The van der Waals surface area contributed by atoms with Crippen LogP contribution in [0.3, 0.4) is 0 Å². The summed E-state index contributed by atoms with van der Waals surface area (Å²) in [5.41, 5.74) is 0.774. The van der Waals surface area contributed by atoms with E-state index in [1.165, 1.54) is 23.7 Å². The zero-order valence-electron chi connectivity index (χ0n) is 6.73. The number of nitrogens with zero attached hydrogens (tertiary/aromatic N) is 1. The van der Waals surface area contributed by atoms with Crippen LogP contribution in [0.1, 0.15) is 10.4 Å². The minimum absolute atomic E-state index is 0.194. The number of nitro benzene ring substituents is 1. The predicted molar refractivity (Wildman–Crippen MR) is 50.0 cm³/mol. The zero-order valence-corrected chi connectivity index (χ0v) is 8.32. The molecule has 1 aromatic carbocycles. The standard InChI is InChI=1S/C7H5BrN2O4/c8-4-1-2-5(7(11)9-12)6(3-4)10(13)14/h1-3,12H,(H,9,11). The Kier molecular flexibility index (Phi) is 3.15. The van der Waals surface area contributed by atoms with E-state index in [-0.39, 0.29) is 11.3 Å². The normalized spacial score (nSPS) is 9.57. The molecule has 0 radical (unpaired) electrons.